The van der Waals surface area contributed by atoms with Gasteiger partial charge in [0.05, 0.1) is 0 Å². The number of amidine groups is 1. The molecule has 0 aliphatic carbocycles. The van der Waals surface area contributed by atoms with Gasteiger partial charge >= 0.3 is 0 Å². The Morgan fingerprint density at radius 1 is 1.10 bits per heavy atom. The van der Waals surface area contributed by atoms with Crippen LogP contribution >= 0.6 is 22.6 Å². The molecule has 2 aromatic rings. The Hall–Kier alpha value is -1.76. The first-order valence-corrected chi connectivity index (χ1v) is 7.78. The molecule has 0 atom stereocenters. The van der Waals surface area contributed by atoms with Gasteiger partial charge in [0.2, 0.25) is 0 Å². The normalized spacial score (nSPS) is 11.4. The summed E-state index contributed by atoms with van der Waals surface area (Å²) < 4.78 is 1.22. The van der Waals surface area contributed by atoms with E-state index in [4.69, 9.17) is 10.9 Å². The van der Waals surface area contributed by atoms with Crippen LogP contribution in [0.1, 0.15) is 12.0 Å². The summed E-state index contributed by atoms with van der Waals surface area (Å²) in [6, 6.07) is 18.6. The molecule has 0 saturated carbocycles. The Balaban J connectivity index is 2.13. The maximum absolute atomic E-state index is 8.68. The van der Waals surface area contributed by atoms with Crippen molar-refractivity contribution < 1.29 is 5.21 Å². The predicted molar refractivity (Wildman–Crippen MR) is 94.7 cm³/mol. The van der Waals surface area contributed by atoms with E-state index >= 15 is 0 Å². The second-order valence-corrected chi connectivity index (χ2v) is 5.97. The minimum atomic E-state index is 0.249. The number of halogens is 1. The van der Waals surface area contributed by atoms with Gasteiger partial charge in [0.15, 0.2) is 0 Å². The molecule has 0 unspecified atom stereocenters. The van der Waals surface area contributed by atoms with E-state index in [1.807, 2.05) is 18.2 Å². The molecule has 3 N–H and O–H groups in total. The number of oxime groups is 1. The van der Waals surface area contributed by atoms with Crippen LogP contribution in [-0.4, -0.2) is 17.6 Å². The highest BCUT2D eigenvalue weighted by atomic mass is 127. The van der Waals surface area contributed by atoms with Gasteiger partial charge < -0.3 is 15.8 Å². The molecule has 0 radical (unpaired) electrons. The average molecular weight is 395 g/mol. The van der Waals surface area contributed by atoms with E-state index in [9.17, 15) is 0 Å². The molecular formula is C16H18IN3O. The molecule has 0 bridgehead atoms. The van der Waals surface area contributed by atoms with Crippen LogP contribution in [0.3, 0.4) is 0 Å². The largest absolute Gasteiger partial charge is 0.409 e. The summed E-state index contributed by atoms with van der Waals surface area (Å²) in [6.07, 6.45) is 0.524. The van der Waals surface area contributed by atoms with Crippen LogP contribution in [0.15, 0.2) is 59.8 Å². The summed E-state index contributed by atoms with van der Waals surface area (Å²) in [5.74, 6) is 0.249. The highest BCUT2D eigenvalue weighted by molar-refractivity contribution is 14.1. The van der Waals surface area contributed by atoms with E-state index in [1.54, 1.807) is 0 Å². The Morgan fingerprint density at radius 2 is 1.76 bits per heavy atom. The smallest absolute Gasteiger partial charge is 0.140 e. The lowest BCUT2D eigenvalue weighted by atomic mass is 10.2. The third kappa shape index (κ3) is 4.93. The molecular weight excluding hydrogens is 377 g/mol. The van der Waals surface area contributed by atoms with Crippen molar-refractivity contribution in [2.45, 2.75) is 13.0 Å². The van der Waals surface area contributed by atoms with Gasteiger partial charge in [0.1, 0.15) is 5.84 Å². The van der Waals surface area contributed by atoms with Gasteiger partial charge in [0, 0.05) is 28.8 Å². The number of para-hydroxylation sites is 1. The third-order valence-electron chi connectivity index (χ3n) is 3.17. The average Bonchev–Trinajstić information content (AvgIpc) is 2.53. The SMILES string of the molecule is NC(CCN(Cc1ccc(I)cc1)c1ccccc1)=NO. The lowest BCUT2D eigenvalue weighted by Gasteiger charge is -2.25. The quantitative estimate of drug-likeness (QED) is 0.259. The summed E-state index contributed by atoms with van der Waals surface area (Å²) in [7, 11) is 0. The van der Waals surface area contributed by atoms with E-state index in [2.05, 4.69) is 69.0 Å². The lowest BCUT2D eigenvalue weighted by Crippen LogP contribution is -2.27. The van der Waals surface area contributed by atoms with Crippen LogP contribution in [0.2, 0.25) is 0 Å². The molecule has 0 aromatic heterocycles. The van der Waals surface area contributed by atoms with Gasteiger partial charge in [0.25, 0.3) is 0 Å². The first-order valence-electron chi connectivity index (χ1n) is 6.70. The number of hydrogen-bond donors (Lipinski definition) is 2. The van der Waals surface area contributed by atoms with Gasteiger partial charge in [-0.1, -0.05) is 35.5 Å². The van der Waals surface area contributed by atoms with Crippen molar-refractivity contribution in [3.05, 3.63) is 63.7 Å². The molecule has 0 saturated heterocycles. The van der Waals surface area contributed by atoms with Crippen molar-refractivity contribution in [1.29, 1.82) is 0 Å². The molecule has 4 nitrogen and oxygen atoms in total. The molecule has 110 valence electrons. The summed E-state index contributed by atoms with van der Waals surface area (Å²) in [5, 5.41) is 11.7. The van der Waals surface area contributed by atoms with Gasteiger partial charge in [-0.3, -0.25) is 0 Å². The minimum absolute atomic E-state index is 0.249. The molecule has 0 aliphatic heterocycles. The summed E-state index contributed by atoms with van der Waals surface area (Å²) >= 11 is 2.30. The van der Waals surface area contributed by atoms with E-state index < -0.39 is 0 Å². The zero-order valence-corrected chi connectivity index (χ0v) is 13.8. The van der Waals surface area contributed by atoms with Crippen molar-refractivity contribution in [3.63, 3.8) is 0 Å². The molecule has 0 fully saturated rings. The zero-order chi connectivity index (χ0) is 15.1. The molecule has 0 aliphatic rings. The Labute approximate surface area is 138 Å². The molecule has 21 heavy (non-hydrogen) atoms. The fourth-order valence-corrected chi connectivity index (χ4v) is 2.41. The lowest BCUT2D eigenvalue weighted by molar-refractivity contribution is 0.317. The predicted octanol–water partition coefficient (Wildman–Crippen LogP) is 3.43. The molecule has 2 rings (SSSR count). The van der Waals surface area contributed by atoms with E-state index in [-0.39, 0.29) is 5.84 Å². The van der Waals surface area contributed by atoms with E-state index in [0.29, 0.717) is 13.0 Å². The van der Waals surface area contributed by atoms with Crippen LogP contribution in [-0.2, 0) is 6.54 Å². The second-order valence-electron chi connectivity index (χ2n) is 4.72. The Morgan fingerprint density at radius 3 is 2.38 bits per heavy atom. The monoisotopic (exact) mass is 395 g/mol. The van der Waals surface area contributed by atoms with Crippen molar-refractivity contribution in [2.75, 3.05) is 11.4 Å². The van der Waals surface area contributed by atoms with Gasteiger partial charge in [-0.15, -0.1) is 0 Å². The molecule has 5 heteroatoms. The highest BCUT2D eigenvalue weighted by Gasteiger charge is 2.08. The fraction of sp³-hybridized carbons (Fsp3) is 0.188. The van der Waals surface area contributed by atoms with E-state index in [0.717, 1.165) is 12.2 Å². The van der Waals surface area contributed by atoms with Gasteiger partial charge in [-0.05, 0) is 52.4 Å². The van der Waals surface area contributed by atoms with Gasteiger partial charge in [-0.2, -0.15) is 0 Å². The minimum Gasteiger partial charge on any atom is -0.409 e. The van der Waals surface area contributed by atoms with Gasteiger partial charge in [-0.25, -0.2) is 0 Å². The van der Waals surface area contributed by atoms with Crippen LogP contribution in [0.4, 0.5) is 5.69 Å². The van der Waals surface area contributed by atoms with E-state index in [1.165, 1.54) is 9.13 Å². The van der Waals surface area contributed by atoms with Crippen LogP contribution in [0, 0.1) is 3.57 Å². The van der Waals surface area contributed by atoms with Crippen molar-refractivity contribution in [1.82, 2.24) is 0 Å². The maximum Gasteiger partial charge on any atom is 0.140 e. The number of nitrogens with zero attached hydrogens (tertiary/aromatic N) is 2. The number of benzene rings is 2. The first-order chi connectivity index (χ1) is 10.2. The van der Waals surface area contributed by atoms with Crippen LogP contribution in [0.25, 0.3) is 0 Å². The number of anilines is 1. The first kappa shape index (κ1) is 15.6. The Kier molecular flexibility index (Phi) is 5.86. The summed E-state index contributed by atoms with van der Waals surface area (Å²) in [5.41, 5.74) is 7.95. The molecule has 0 amide bonds. The molecule has 0 spiro atoms. The highest BCUT2D eigenvalue weighted by Crippen LogP contribution is 2.18. The standard InChI is InChI=1S/C16H18IN3O/c17-14-8-6-13(7-9-14)12-20(11-10-16(18)19-21)15-4-2-1-3-5-15/h1-9,21H,10-12H2,(H2,18,19). The summed E-state index contributed by atoms with van der Waals surface area (Å²) in [4.78, 5) is 2.22. The third-order valence-corrected chi connectivity index (χ3v) is 3.89. The fourth-order valence-electron chi connectivity index (χ4n) is 2.05. The second kappa shape index (κ2) is 7.87. The molecule has 0 heterocycles. The number of rotatable bonds is 6. The number of nitrogens with two attached hydrogens (primary N) is 1. The molecule has 2 aromatic carbocycles. The maximum atomic E-state index is 8.68. The van der Waals surface area contributed by atoms with Crippen molar-refractivity contribution in [3.8, 4) is 0 Å². The van der Waals surface area contributed by atoms with Crippen LogP contribution in [0.5, 0.6) is 0 Å². The number of hydrogen-bond acceptors (Lipinski definition) is 3. The van der Waals surface area contributed by atoms with Crippen LogP contribution < -0.4 is 10.6 Å². The Bertz CT molecular complexity index is 584. The van der Waals surface area contributed by atoms with Crippen molar-refractivity contribution >= 4 is 34.1 Å². The zero-order valence-electron chi connectivity index (χ0n) is 11.6. The summed E-state index contributed by atoms with van der Waals surface area (Å²) in [6.45, 7) is 1.49. The topological polar surface area (TPSA) is 61.8 Å². The van der Waals surface area contributed by atoms with Crippen molar-refractivity contribution in [2.24, 2.45) is 10.9 Å².